The number of hydrogen-bond acceptors (Lipinski definition) is 3. The molecule has 3 fully saturated rings. The van der Waals surface area contributed by atoms with Gasteiger partial charge in [0.15, 0.2) is 5.96 Å². The van der Waals surface area contributed by atoms with Gasteiger partial charge in [-0.2, -0.15) is 0 Å². The first-order valence-electron chi connectivity index (χ1n) is 10.0. The van der Waals surface area contributed by atoms with E-state index in [0.29, 0.717) is 5.41 Å². The predicted octanol–water partition coefficient (Wildman–Crippen LogP) is 1.86. The molecule has 6 heteroatoms. The molecule has 3 rings (SSSR count). The lowest BCUT2D eigenvalue weighted by atomic mass is 9.83. The van der Waals surface area contributed by atoms with Crippen LogP contribution in [-0.2, 0) is 9.53 Å². The van der Waals surface area contributed by atoms with E-state index in [0.717, 1.165) is 58.1 Å². The number of piperazine rings is 1. The number of nitrogens with zero attached hydrogens (tertiary/aromatic N) is 3. The van der Waals surface area contributed by atoms with Crippen LogP contribution in [0.1, 0.15) is 51.9 Å². The van der Waals surface area contributed by atoms with Crippen molar-refractivity contribution < 1.29 is 9.53 Å². The molecule has 0 aromatic heterocycles. The van der Waals surface area contributed by atoms with E-state index in [1.54, 1.807) is 0 Å². The number of rotatable bonds is 4. The minimum atomic E-state index is -0.198. The van der Waals surface area contributed by atoms with Crippen molar-refractivity contribution in [3.8, 4) is 0 Å². The van der Waals surface area contributed by atoms with E-state index in [4.69, 9.17) is 4.74 Å². The molecular formula is C19H34N4O2. The molecule has 1 atom stereocenters. The second-order valence-corrected chi connectivity index (χ2v) is 7.78. The fraction of sp³-hybridized carbons (Fsp3) is 0.895. The molecule has 3 aliphatic rings. The van der Waals surface area contributed by atoms with Crippen LogP contribution in [0.15, 0.2) is 4.99 Å². The van der Waals surface area contributed by atoms with Crippen LogP contribution >= 0.6 is 0 Å². The third-order valence-corrected chi connectivity index (χ3v) is 6.34. The van der Waals surface area contributed by atoms with Gasteiger partial charge in [0.25, 0.3) is 5.91 Å². The van der Waals surface area contributed by atoms with Gasteiger partial charge in [-0.15, -0.1) is 0 Å². The van der Waals surface area contributed by atoms with Crippen LogP contribution in [0.4, 0.5) is 0 Å². The lowest BCUT2D eigenvalue weighted by Gasteiger charge is -2.38. The molecule has 0 radical (unpaired) electrons. The van der Waals surface area contributed by atoms with Gasteiger partial charge in [-0.05, 0) is 37.5 Å². The Labute approximate surface area is 152 Å². The molecule has 6 nitrogen and oxygen atoms in total. The van der Waals surface area contributed by atoms with Crippen LogP contribution in [0.3, 0.4) is 0 Å². The summed E-state index contributed by atoms with van der Waals surface area (Å²) < 4.78 is 5.54. The number of carbonyl (C=O) groups is 1. The van der Waals surface area contributed by atoms with Crippen LogP contribution in [0.2, 0.25) is 0 Å². The molecule has 1 N–H and O–H groups in total. The van der Waals surface area contributed by atoms with Gasteiger partial charge in [-0.25, -0.2) is 0 Å². The topological polar surface area (TPSA) is 57.2 Å². The maximum Gasteiger partial charge on any atom is 0.251 e. The van der Waals surface area contributed by atoms with Crippen molar-refractivity contribution in [2.24, 2.45) is 10.4 Å². The molecule has 1 saturated carbocycles. The third kappa shape index (κ3) is 4.27. The quantitative estimate of drug-likeness (QED) is 0.621. The van der Waals surface area contributed by atoms with E-state index in [-0.39, 0.29) is 12.0 Å². The average molecular weight is 351 g/mol. The lowest BCUT2D eigenvalue weighted by molar-refractivity contribution is -0.142. The van der Waals surface area contributed by atoms with Crippen LogP contribution < -0.4 is 5.32 Å². The van der Waals surface area contributed by atoms with Gasteiger partial charge in [0.2, 0.25) is 0 Å². The number of nitrogens with one attached hydrogen (secondary N) is 1. The second-order valence-electron chi connectivity index (χ2n) is 7.78. The Morgan fingerprint density at radius 2 is 1.84 bits per heavy atom. The van der Waals surface area contributed by atoms with Crippen LogP contribution in [0.25, 0.3) is 0 Å². The lowest BCUT2D eigenvalue weighted by Crippen LogP contribution is -2.56. The van der Waals surface area contributed by atoms with Crippen molar-refractivity contribution in [3.05, 3.63) is 0 Å². The first kappa shape index (κ1) is 18.5. The summed E-state index contributed by atoms with van der Waals surface area (Å²) in [6, 6.07) is 0. The molecule has 0 bridgehead atoms. The summed E-state index contributed by atoms with van der Waals surface area (Å²) in [5.74, 6) is 1.17. The molecule has 0 aromatic rings. The highest BCUT2D eigenvalue weighted by Crippen LogP contribution is 2.40. The molecule has 25 heavy (non-hydrogen) atoms. The zero-order chi connectivity index (χ0) is 17.7. The summed E-state index contributed by atoms with van der Waals surface area (Å²) in [6.45, 7) is 7.27. The Kier molecular flexibility index (Phi) is 6.20. The van der Waals surface area contributed by atoms with Gasteiger partial charge in [-0.3, -0.25) is 9.79 Å². The molecule has 1 unspecified atom stereocenters. The van der Waals surface area contributed by atoms with Crippen molar-refractivity contribution in [2.75, 3.05) is 46.4 Å². The van der Waals surface area contributed by atoms with Gasteiger partial charge >= 0.3 is 0 Å². The Morgan fingerprint density at radius 3 is 2.40 bits per heavy atom. The Bertz CT molecular complexity index is 474. The first-order chi connectivity index (χ1) is 12.2. The van der Waals surface area contributed by atoms with E-state index in [1.165, 1.54) is 32.1 Å². The smallest absolute Gasteiger partial charge is 0.251 e. The van der Waals surface area contributed by atoms with Gasteiger partial charge in [-0.1, -0.05) is 19.8 Å². The maximum atomic E-state index is 12.5. The Morgan fingerprint density at radius 1 is 1.16 bits per heavy atom. The molecule has 0 aromatic carbocycles. The average Bonchev–Trinajstić information content (AvgIpc) is 3.35. The summed E-state index contributed by atoms with van der Waals surface area (Å²) in [6.07, 6.45) is 8.30. The highest BCUT2D eigenvalue weighted by molar-refractivity contribution is 5.82. The summed E-state index contributed by atoms with van der Waals surface area (Å²) in [5, 5.41) is 3.62. The highest BCUT2D eigenvalue weighted by Gasteiger charge is 2.33. The maximum absolute atomic E-state index is 12.5. The normalized spacial score (nSPS) is 27.0. The molecule has 142 valence electrons. The van der Waals surface area contributed by atoms with Gasteiger partial charge in [0.1, 0.15) is 6.10 Å². The van der Waals surface area contributed by atoms with Gasteiger partial charge in [0.05, 0.1) is 0 Å². The largest absolute Gasteiger partial charge is 0.368 e. The minimum Gasteiger partial charge on any atom is -0.368 e. The van der Waals surface area contributed by atoms with E-state index in [2.05, 4.69) is 22.1 Å². The van der Waals surface area contributed by atoms with E-state index in [9.17, 15) is 4.79 Å². The Balaban J connectivity index is 1.48. The summed E-state index contributed by atoms with van der Waals surface area (Å²) >= 11 is 0. The number of guanidine groups is 1. The standard InChI is InChI=1S/C19H34N4O2/c1-3-19(8-4-5-9-19)15-21-18(20-2)23-12-10-22(11-13-23)17(24)16-7-6-14-25-16/h16H,3-15H2,1-2H3,(H,20,21). The minimum absolute atomic E-state index is 0.177. The van der Waals surface area contributed by atoms with Gasteiger partial charge in [0, 0.05) is 46.4 Å². The zero-order valence-electron chi connectivity index (χ0n) is 15.9. The number of amides is 1. The number of carbonyl (C=O) groups excluding carboxylic acids is 1. The zero-order valence-corrected chi connectivity index (χ0v) is 15.9. The monoisotopic (exact) mass is 350 g/mol. The predicted molar refractivity (Wildman–Crippen MR) is 99.7 cm³/mol. The van der Waals surface area contributed by atoms with Crippen LogP contribution in [0.5, 0.6) is 0 Å². The van der Waals surface area contributed by atoms with Crippen molar-refractivity contribution in [3.63, 3.8) is 0 Å². The van der Waals surface area contributed by atoms with Crippen molar-refractivity contribution in [1.29, 1.82) is 0 Å². The van der Waals surface area contributed by atoms with Crippen molar-refractivity contribution in [2.45, 2.75) is 58.0 Å². The third-order valence-electron chi connectivity index (χ3n) is 6.34. The van der Waals surface area contributed by atoms with Crippen molar-refractivity contribution >= 4 is 11.9 Å². The summed E-state index contributed by atoms with van der Waals surface area (Å²) in [7, 11) is 1.86. The second kappa shape index (κ2) is 8.39. The number of aliphatic imine (C=N–C) groups is 1. The van der Waals surface area contributed by atoms with Crippen LogP contribution in [-0.4, -0.2) is 74.1 Å². The summed E-state index contributed by atoms with van der Waals surface area (Å²) in [5.41, 5.74) is 0.452. The Hall–Kier alpha value is -1.30. The first-order valence-corrected chi connectivity index (χ1v) is 10.0. The highest BCUT2D eigenvalue weighted by atomic mass is 16.5. The van der Waals surface area contributed by atoms with E-state index >= 15 is 0 Å². The number of hydrogen-bond donors (Lipinski definition) is 1. The fourth-order valence-electron chi connectivity index (χ4n) is 4.49. The number of ether oxygens (including phenoxy) is 1. The molecule has 2 saturated heterocycles. The van der Waals surface area contributed by atoms with E-state index < -0.39 is 0 Å². The SMILES string of the molecule is CCC1(CNC(=NC)N2CCN(C(=O)C3CCCO3)CC2)CCCC1. The summed E-state index contributed by atoms with van der Waals surface area (Å²) in [4.78, 5) is 21.2. The van der Waals surface area contributed by atoms with Crippen LogP contribution in [0, 0.1) is 5.41 Å². The van der Waals surface area contributed by atoms with Crippen molar-refractivity contribution in [1.82, 2.24) is 15.1 Å². The molecular weight excluding hydrogens is 316 g/mol. The van der Waals surface area contributed by atoms with Gasteiger partial charge < -0.3 is 19.9 Å². The molecule has 2 aliphatic heterocycles. The molecule has 1 amide bonds. The molecule has 1 aliphatic carbocycles. The van der Waals surface area contributed by atoms with E-state index in [1.807, 2.05) is 11.9 Å². The fourth-order valence-corrected chi connectivity index (χ4v) is 4.49. The molecule has 2 heterocycles. The molecule has 0 spiro atoms.